The molecule has 2 rings (SSSR count). The van der Waals surface area contributed by atoms with Gasteiger partial charge in [-0.05, 0) is 37.1 Å². The molecule has 6 heteroatoms. The fourth-order valence-corrected chi connectivity index (χ4v) is 4.25. The molecule has 0 amide bonds. The Hall–Kier alpha value is -1.43. The maximum atomic E-state index is 12.7. The van der Waals surface area contributed by atoms with Crippen molar-refractivity contribution in [2.45, 2.75) is 32.2 Å². The average molecular weight is 339 g/mol. The molecule has 2 aromatic rings. The molecule has 0 radical (unpaired) electrons. The van der Waals surface area contributed by atoms with E-state index in [4.69, 9.17) is 11.6 Å². The molecular formula is C16H19ClN2O2S. The highest BCUT2D eigenvalue weighted by molar-refractivity contribution is 7.88. The van der Waals surface area contributed by atoms with Gasteiger partial charge >= 0.3 is 0 Å². The minimum absolute atomic E-state index is 0.106. The SMILES string of the molecule is CC(C)N(Cc1cccnc1)S(=O)(=O)Cc1ccccc1Cl. The lowest BCUT2D eigenvalue weighted by Gasteiger charge is -2.26. The number of hydrogen-bond acceptors (Lipinski definition) is 3. The molecule has 0 fully saturated rings. The number of hydrogen-bond donors (Lipinski definition) is 0. The first-order valence-electron chi connectivity index (χ1n) is 7.02. The predicted molar refractivity (Wildman–Crippen MR) is 89.0 cm³/mol. The maximum Gasteiger partial charge on any atom is 0.218 e. The van der Waals surface area contributed by atoms with Crippen molar-refractivity contribution in [3.05, 3.63) is 64.9 Å². The van der Waals surface area contributed by atoms with Crippen LogP contribution in [-0.2, 0) is 22.3 Å². The van der Waals surface area contributed by atoms with Crippen LogP contribution in [0.5, 0.6) is 0 Å². The summed E-state index contributed by atoms with van der Waals surface area (Å²) in [5, 5.41) is 0.469. The summed E-state index contributed by atoms with van der Waals surface area (Å²) >= 11 is 6.08. The molecular weight excluding hydrogens is 320 g/mol. The molecule has 0 saturated heterocycles. The minimum atomic E-state index is -3.47. The third-order valence-corrected chi connectivity index (χ3v) is 5.60. The highest BCUT2D eigenvalue weighted by Gasteiger charge is 2.26. The number of nitrogens with zero attached hydrogens (tertiary/aromatic N) is 2. The maximum absolute atomic E-state index is 12.7. The highest BCUT2D eigenvalue weighted by Crippen LogP contribution is 2.22. The second-order valence-corrected chi connectivity index (χ2v) is 7.68. The number of benzene rings is 1. The van der Waals surface area contributed by atoms with E-state index in [1.807, 2.05) is 19.9 Å². The number of sulfonamides is 1. The van der Waals surface area contributed by atoms with Crippen LogP contribution in [0, 0.1) is 0 Å². The molecule has 0 atom stereocenters. The molecule has 22 heavy (non-hydrogen) atoms. The highest BCUT2D eigenvalue weighted by atomic mass is 35.5. The third kappa shape index (κ3) is 4.29. The molecule has 0 aliphatic rings. The van der Waals surface area contributed by atoms with Crippen LogP contribution in [0.4, 0.5) is 0 Å². The second kappa shape index (κ2) is 7.22. The molecule has 1 aromatic heterocycles. The molecule has 0 saturated carbocycles. The van der Waals surface area contributed by atoms with Crippen LogP contribution in [0.3, 0.4) is 0 Å². The summed E-state index contributed by atoms with van der Waals surface area (Å²) in [6.07, 6.45) is 3.35. The van der Waals surface area contributed by atoms with Crippen molar-refractivity contribution in [1.29, 1.82) is 0 Å². The van der Waals surface area contributed by atoms with Crippen LogP contribution in [0.1, 0.15) is 25.0 Å². The van der Waals surface area contributed by atoms with E-state index in [2.05, 4.69) is 4.98 Å². The smallest absolute Gasteiger partial charge is 0.218 e. The van der Waals surface area contributed by atoms with Gasteiger partial charge in [0.25, 0.3) is 0 Å². The Morgan fingerprint density at radius 3 is 2.50 bits per heavy atom. The van der Waals surface area contributed by atoms with Gasteiger partial charge in [0, 0.05) is 30.0 Å². The van der Waals surface area contributed by atoms with Gasteiger partial charge in [-0.25, -0.2) is 8.42 Å². The molecule has 0 bridgehead atoms. The lowest BCUT2D eigenvalue weighted by Crippen LogP contribution is -2.37. The fourth-order valence-electron chi connectivity index (χ4n) is 2.17. The van der Waals surface area contributed by atoms with Crippen LogP contribution in [0.25, 0.3) is 0 Å². The summed E-state index contributed by atoms with van der Waals surface area (Å²) in [6.45, 7) is 4.03. The summed E-state index contributed by atoms with van der Waals surface area (Å²) in [7, 11) is -3.47. The summed E-state index contributed by atoms with van der Waals surface area (Å²) in [6, 6.07) is 10.5. The second-order valence-electron chi connectivity index (χ2n) is 5.35. The number of pyridine rings is 1. The summed E-state index contributed by atoms with van der Waals surface area (Å²) in [5.74, 6) is -0.106. The van der Waals surface area contributed by atoms with Crippen molar-refractivity contribution >= 4 is 21.6 Å². The quantitative estimate of drug-likeness (QED) is 0.810. The van der Waals surface area contributed by atoms with Crippen LogP contribution < -0.4 is 0 Å². The molecule has 0 spiro atoms. The van der Waals surface area contributed by atoms with E-state index in [0.29, 0.717) is 17.1 Å². The van der Waals surface area contributed by atoms with Crippen molar-refractivity contribution in [2.75, 3.05) is 0 Å². The zero-order valence-corrected chi connectivity index (χ0v) is 14.2. The van der Waals surface area contributed by atoms with Gasteiger partial charge in [0.15, 0.2) is 0 Å². The Bertz CT molecular complexity index is 718. The predicted octanol–water partition coefficient (Wildman–Crippen LogP) is 3.48. The average Bonchev–Trinajstić information content (AvgIpc) is 2.47. The topological polar surface area (TPSA) is 50.3 Å². The van der Waals surface area contributed by atoms with Crippen molar-refractivity contribution in [3.63, 3.8) is 0 Å². The van der Waals surface area contributed by atoms with Crippen LogP contribution in [0.15, 0.2) is 48.8 Å². The number of halogens is 1. The monoisotopic (exact) mass is 338 g/mol. The van der Waals surface area contributed by atoms with Gasteiger partial charge in [0.1, 0.15) is 0 Å². The van der Waals surface area contributed by atoms with E-state index in [0.717, 1.165) is 5.56 Å². The van der Waals surface area contributed by atoms with Crippen LogP contribution >= 0.6 is 11.6 Å². The van der Waals surface area contributed by atoms with Crippen LogP contribution in [0.2, 0.25) is 5.02 Å². The number of aromatic nitrogens is 1. The summed E-state index contributed by atoms with van der Waals surface area (Å²) in [4.78, 5) is 4.03. The molecule has 0 aliphatic carbocycles. The van der Waals surface area contributed by atoms with Gasteiger partial charge in [-0.3, -0.25) is 4.98 Å². The molecule has 4 nitrogen and oxygen atoms in total. The van der Waals surface area contributed by atoms with Crippen molar-refractivity contribution < 1.29 is 8.42 Å². The number of rotatable bonds is 6. The van der Waals surface area contributed by atoms with Gasteiger partial charge in [0.05, 0.1) is 5.75 Å². The van der Waals surface area contributed by atoms with Gasteiger partial charge in [-0.1, -0.05) is 35.9 Å². The lowest BCUT2D eigenvalue weighted by atomic mass is 10.2. The van der Waals surface area contributed by atoms with Gasteiger partial charge in [-0.2, -0.15) is 4.31 Å². The third-order valence-electron chi connectivity index (χ3n) is 3.29. The lowest BCUT2D eigenvalue weighted by molar-refractivity contribution is 0.347. The van der Waals surface area contributed by atoms with E-state index in [1.165, 1.54) is 4.31 Å². The zero-order valence-electron chi connectivity index (χ0n) is 12.6. The standard InChI is InChI=1S/C16H19ClN2O2S/c1-13(2)19(11-14-6-5-9-18-10-14)22(20,21)12-15-7-3-4-8-16(15)17/h3-10,13H,11-12H2,1-2H3. The normalized spacial score (nSPS) is 12.0. The fraction of sp³-hybridized carbons (Fsp3) is 0.312. The molecule has 0 unspecified atom stereocenters. The van der Waals surface area contributed by atoms with Gasteiger partial charge in [-0.15, -0.1) is 0 Å². The Morgan fingerprint density at radius 2 is 1.91 bits per heavy atom. The Labute approximate surface area is 136 Å². The first-order chi connectivity index (χ1) is 10.4. The largest absolute Gasteiger partial charge is 0.264 e. The summed E-state index contributed by atoms with van der Waals surface area (Å²) in [5.41, 5.74) is 1.47. The molecule has 1 aromatic carbocycles. The Kier molecular flexibility index (Phi) is 5.56. The van der Waals surface area contributed by atoms with Gasteiger partial charge in [0.2, 0.25) is 10.0 Å². The Morgan fingerprint density at radius 1 is 1.18 bits per heavy atom. The molecule has 118 valence electrons. The first kappa shape index (κ1) is 16.9. The minimum Gasteiger partial charge on any atom is -0.264 e. The molecule has 0 aliphatic heterocycles. The Balaban J connectivity index is 2.25. The van der Waals surface area contributed by atoms with E-state index in [9.17, 15) is 8.42 Å². The van der Waals surface area contributed by atoms with Crippen molar-refractivity contribution in [3.8, 4) is 0 Å². The van der Waals surface area contributed by atoms with E-state index in [1.54, 1.807) is 42.7 Å². The van der Waals surface area contributed by atoms with Crippen LogP contribution in [-0.4, -0.2) is 23.7 Å². The molecule has 1 heterocycles. The van der Waals surface area contributed by atoms with E-state index < -0.39 is 10.0 Å². The summed E-state index contributed by atoms with van der Waals surface area (Å²) < 4.78 is 27.0. The van der Waals surface area contributed by atoms with Crippen molar-refractivity contribution in [1.82, 2.24) is 9.29 Å². The first-order valence-corrected chi connectivity index (χ1v) is 9.00. The van der Waals surface area contributed by atoms with Crippen molar-refractivity contribution in [2.24, 2.45) is 0 Å². The molecule has 0 N–H and O–H groups in total. The van der Waals surface area contributed by atoms with E-state index >= 15 is 0 Å². The zero-order chi connectivity index (χ0) is 16.2. The van der Waals surface area contributed by atoms with Gasteiger partial charge < -0.3 is 0 Å². The van der Waals surface area contributed by atoms with E-state index in [-0.39, 0.29) is 11.8 Å².